The van der Waals surface area contributed by atoms with E-state index in [9.17, 15) is 8.42 Å². The van der Waals surface area contributed by atoms with Gasteiger partial charge >= 0.3 is 0 Å². The molecule has 0 aromatic heterocycles. The number of aryl methyl sites for hydroxylation is 2. The Hall–Kier alpha value is -2.34. The summed E-state index contributed by atoms with van der Waals surface area (Å²) in [5.74, 6) is 0.416. The Labute approximate surface area is 172 Å². The number of benzene rings is 2. The second-order valence-electron chi connectivity index (χ2n) is 8.36. The van der Waals surface area contributed by atoms with E-state index in [-0.39, 0.29) is 17.5 Å². The Bertz CT molecular complexity index is 1000. The van der Waals surface area contributed by atoms with Gasteiger partial charge in [0.15, 0.2) is 9.84 Å². The van der Waals surface area contributed by atoms with E-state index < -0.39 is 9.84 Å². The number of hydrazone groups is 1. The number of sulfone groups is 1. The van der Waals surface area contributed by atoms with Gasteiger partial charge in [-0.15, -0.1) is 0 Å². The molecule has 29 heavy (non-hydrogen) atoms. The lowest BCUT2D eigenvalue weighted by atomic mass is 9.90. The number of nitrogens with zero attached hydrogens (tertiary/aromatic N) is 3. The molecular formula is C23H27N3O2S. The van der Waals surface area contributed by atoms with E-state index in [1.54, 1.807) is 0 Å². The average molecular weight is 410 g/mol. The number of hydrogen-bond acceptors (Lipinski definition) is 5. The molecule has 2 aromatic rings. The van der Waals surface area contributed by atoms with Crippen LogP contribution in [0.2, 0.25) is 0 Å². The van der Waals surface area contributed by atoms with Crippen LogP contribution in [0.15, 0.2) is 47.6 Å². The van der Waals surface area contributed by atoms with Crippen molar-refractivity contribution in [2.24, 2.45) is 5.10 Å². The van der Waals surface area contributed by atoms with Gasteiger partial charge in [-0.2, -0.15) is 5.10 Å². The first-order valence-corrected chi connectivity index (χ1v) is 12.4. The SMILES string of the molecule is O=S1(=O)CCC(N(/N=C/c2cc3c4c(c2)CCCN4CCC3)c2ccccc2)C1. The number of rotatable bonds is 4. The fourth-order valence-electron chi connectivity index (χ4n) is 4.95. The summed E-state index contributed by atoms with van der Waals surface area (Å²) in [7, 11) is -2.97. The molecule has 0 aliphatic carbocycles. The highest BCUT2D eigenvalue weighted by molar-refractivity contribution is 7.91. The Morgan fingerprint density at radius 1 is 1.03 bits per heavy atom. The molecule has 0 radical (unpaired) electrons. The van der Waals surface area contributed by atoms with Crippen molar-refractivity contribution < 1.29 is 8.42 Å². The zero-order valence-corrected chi connectivity index (χ0v) is 17.4. The minimum absolute atomic E-state index is 0.106. The van der Waals surface area contributed by atoms with E-state index in [0.29, 0.717) is 6.42 Å². The Morgan fingerprint density at radius 2 is 1.72 bits per heavy atom. The number of anilines is 2. The molecule has 152 valence electrons. The van der Waals surface area contributed by atoms with Crippen LogP contribution in [-0.2, 0) is 22.7 Å². The lowest BCUT2D eigenvalue weighted by Crippen LogP contribution is -2.34. The molecular weight excluding hydrogens is 382 g/mol. The van der Waals surface area contributed by atoms with Gasteiger partial charge in [0.1, 0.15) is 0 Å². The third kappa shape index (κ3) is 3.78. The summed E-state index contributed by atoms with van der Waals surface area (Å²) >= 11 is 0. The minimum atomic E-state index is -2.97. The molecule has 5 nitrogen and oxygen atoms in total. The van der Waals surface area contributed by atoms with Gasteiger partial charge in [0.25, 0.3) is 0 Å². The second kappa shape index (κ2) is 7.48. The predicted molar refractivity (Wildman–Crippen MR) is 119 cm³/mol. The predicted octanol–water partition coefficient (Wildman–Crippen LogP) is 3.41. The molecule has 6 heteroatoms. The van der Waals surface area contributed by atoms with Crippen LogP contribution in [0.1, 0.15) is 36.0 Å². The summed E-state index contributed by atoms with van der Waals surface area (Å²) in [5.41, 5.74) is 6.39. The largest absolute Gasteiger partial charge is 0.371 e. The van der Waals surface area contributed by atoms with Gasteiger partial charge in [-0.05, 0) is 73.1 Å². The van der Waals surface area contributed by atoms with E-state index in [1.807, 2.05) is 41.6 Å². The van der Waals surface area contributed by atoms with Crippen molar-refractivity contribution in [2.45, 2.75) is 38.1 Å². The third-order valence-corrected chi connectivity index (χ3v) is 8.01. The maximum atomic E-state index is 12.0. The van der Waals surface area contributed by atoms with Crippen molar-refractivity contribution in [3.63, 3.8) is 0 Å². The van der Waals surface area contributed by atoms with Crippen LogP contribution < -0.4 is 9.91 Å². The topological polar surface area (TPSA) is 53.0 Å². The van der Waals surface area contributed by atoms with Crippen molar-refractivity contribution in [1.29, 1.82) is 0 Å². The van der Waals surface area contributed by atoms with Crippen LogP contribution in [0, 0.1) is 0 Å². The molecule has 3 aliphatic heterocycles. The lowest BCUT2D eigenvalue weighted by Gasteiger charge is -2.37. The molecule has 0 N–H and O–H groups in total. The van der Waals surface area contributed by atoms with E-state index in [4.69, 9.17) is 5.10 Å². The third-order valence-electron chi connectivity index (χ3n) is 6.26. The molecule has 1 fully saturated rings. The van der Waals surface area contributed by atoms with Crippen molar-refractivity contribution >= 4 is 27.4 Å². The number of hydrogen-bond donors (Lipinski definition) is 0. The molecule has 5 rings (SSSR count). The molecule has 3 heterocycles. The fourth-order valence-corrected chi connectivity index (χ4v) is 6.65. The highest BCUT2D eigenvalue weighted by Gasteiger charge is 2.32. The van der Waals surface area contributed by atoms with Crippen LogP contribution in [0.3, 0.4) is 0 Å². The molecule has 0 spiro atoms. The molecule has 3 aliphatic rings. The molecule has 2 aromatic carbocycles. The summed E-state index contributed by atoms with van der Waals surface area (Å²) in [6, 6.07) is 14.3. The van der Waals surface area contributed by atoms with Crippen LogP contribution in [0.4, 0.5) is 11.4 Å². The van der Waals surface area contributed by atoms with Crippen molar-refractivity contribution in [3.8, 4) is 0 Å². The van der Waals surface area contributed by atoms with Crippen LogP contribution >= 0.6 is 0 Å². The second-order valence-corrected chi connectivity index (χ2v) is 10.6. The van der Waals surface area contributed by atoms with E-state index in [2.05, 4.69) is 17.0 Å². The number of para-hydroxylation sites is 1. The molecule has 1 saturated heterocycles. The Kier molecular flexibility index (Phi) is 4.82. The maximum absolute atomic E-state index is 12.0. The van der Waals surface area contributed by atoms with Gasteiger partial charge in [-0.25, -0.2) is 8.42 Å². The van der Waals surface area contributed by atoms with E-state index in [1.165, 1.54) is 42.7 Å². The lowest BCUT2D eigenvalue weighted by molar-refractivity contribution is 0.600. The van der Waals surface area contributed by atoms with E-state index >= 15 is 0 Å². The minimum Gasteiger partial charge on any atom is -0.371 e. The Balaban J connectivity index is 1.48. The zero-order valence-electron chi connectivity index (χ0n) is 16.6. The van der Waals surface area contributed by atoms with Gasteiger partial charge in [-0.3, -0.25) is 5.01 Å². The smallest absolute Gasteiger partial charge is 0.152 e. The van der Waals surface area contributed by atoms with Crippen molar-refractivity contribution in [1.82, 2.24) is 0 Å². The first-order valence-electron chi connectivity index (χ1n) is 10.6. The van der Waals surface area contributed by atoms with Crippen LogP contribution in [0.25, 0.3) is 0 Å². The Morgan fingerprint density at radius 3 is 2.34 bits per heavy atom. The first-order chi connectivity index (χ1) is 14.1. The molecule has 0 saturated carbocycles. The summed E-state index contributed by atoms with van der Waals surface area (Å²) in [4.78, 5) is 2.54. The van der Waals surface area contributed by atoms with Crippen molar-refractivity contribution in [3.05, 3.63) is 59.2 Å². The van der Waals surface area contributed by atoms with Gasteiger partial charge in [0.2, 0.25) is 0 Å². The highest BCUT2D eigenvalue weighted by atomic mass is 32.2. The average Bonchev–Trinajstić information content (AvgIpc) is 3.09. The molecule has 0 bridgehead atoms. The summed E-state index contributed by atoms with van der Waals surface area (Å²) < 4.78 is 24.1. The highest BCUT2D eigenvalue weighted by Crippen LogP contribution is 2.36. The van der Waals surface area contributed by atoms with Crippen LogP contribution in [0.5, 0.6) is 0 Å². The van der Waals surface area contributed by atoms with Gasteiger partial charge in [-0.1, -0.05) is 18.2 Å². The summed E-state index contributed by atoms with van der Waals surface area (Å²) in [5, 5.41) is 6.71. The normalized spacial score (nSPS) is 22.6. The molecule has 0 amide bonds. The first kappa shape index (κ1) is 18.7. The maximum Gasteiger partial charge on any atom is 0.152 e. The fraction of sp³-hybridized carbons (Fsp3) is 0.435. The van der Waals surface area contributed by atoms with Gasteiger partial charge in [0.05, 0.1) is 29.4 Å². The standard InChI is InChI=1S/C23H27N3O2S/c27-29(28)13-10-22(17-29)26(21-8-2-1-3-9-21)24-16-18-14-19-6-4-11-25-12-5-7-20(15-18)23(19)25/h1-3,8-9,14-16,22H,4-7,10-13,17H2/b24-16+. The summed E-state index contributed by atoms with van der Waals surface area (Å²) in [6.45, 7) is 2.34. The van der Waals surface area contributed by atoms with Crippen molar-refractivity contribution in [2.75, 3.05) is 34.5 Å². The van der Waals surface area contributed by atoms with Crippen LogP contribution in [-0.4, -0.2) is 45.3 Å². The van der Waals surface area contributed by atoms with Gasteiger partial charge < -0.3 is 4.90 Å². The van der Waals surface area contributed by atoms with E-state index in [0.717, 1.165) is 24.1 Å². The quantitative estimate of drug-likeness (QED) is 0.574. The molecule has 1 atom stereocenters. The summed E-state index contributed by atoms with van der Waals surface area (Å²) in [6.07, 6.45) is 7.22. The zero-order chi connectivity index (χ0) is 19.8. The van der Waals surface area contributed by atoms with Gasteiger partial charge in [0, 0.05) is 18.8 Å². The molecule has 1 unspecified atom stereocenters. The monoisotopic (exact) mass is 409 g/mol.